The summed E-state index contributed by atoms with van der Waals surface area (Å²) in [6.45, 7) is 6.01. The van der Waals surface area contributed by atoms with Crippen molar-refractivity contribution in [3.8, 4) is 0 Å². The average molecular weight is 288 g/mol. The second-order valence-corrected chi connectivity index (χ2v) is 10.4. The second kappa shape index (κ2) is 4.51. The second-order valence-electron chi connectivity index (χ2n) is 6.16. The summed E-state index contributed by atoms with van der Waals surface area (Å²) in [6, 6.07) is 0. The highest BCUT2D eigenvalue weighted by Crippen LogP contribution is 2.57. The van der Waals surface area contributed by atoms with Crippen molar-refractivity contribution in [3.63, 3.8) is 0 Å². The van der Waals surface area contributed by atoms with E-state index >= 15 is 0 Å². The minimum atomic E-state index is -2.06. The molecule has 19 heavy (non-hydrogen) atoms. The Morgan fingerprint density at radius 3 is 2.16 bits per heavy atom. The first kappa shape index (κ1) is 14.0. The van der Waals surface area contributed by atoms with Crippen LogP contribution >= 0.6 is 0 Å². The summed E-state index contributed by atoms with van der Waals surface area (Å²) in [6.07, 6.45) is 2.91. The molecule has 110 valence electrons. The van der Waals surface area contributed by atoms with Crippen LogP contribution in [-0.2, 0) is 23.4 Å². The molecule has 0 bridgehead atoms. The van der Waals surface area contributed by atoms with Gasteiger partial charge in [0.15, 0.2) is 6.29 Å². The molecule has 0 aliphatic carbocycles. The molecule has 0 radical (unpaired) electrons. The minimum absolute atomic E-state index is 0.136. The van der Waals surface area contributed by atoms with Crippen molar-refractivity contribution in [2.75, 3.05) is 27.4 Å². The zero-order chi connectivity index (χ0) is 13.7. The topological polar surface area (TPSA) is 46.2 Å². The van der Waals surface area contributed by atoms with Gasteiger partial charge in [-0.1, -0.05) is 0 Å². The molecule has 0 aromatic carbocycles. The third-order valence-electron chi connectivity index (χ3n) is 5.27. The Balaban J connectivity index is 1.91. The van der Waals surface area contributed by atoms with Gasteiger partial charge in [-0.15, -0.1) is 0 Å². The maximum atomic E-state index is 6.21. The predicted molar refractivity (Wildman–Crippen MR) is 71.4 cm³/mol. The van der Waals surface area contributed by atoms with Crippen LogP contribution in [0.3, 0.4) is 0 Å². The van der Waals surface area contributed by atoms with Gasteiger partial charge in [0.2, 0.25) is 8.32 Å². The fraction of sp³-hybridized carbons (Fsp3) is 1.00. The van der Waals surface area contributed by atoms with Crippen LogP contribution in [0.15, 0.2) is 0 Å². The monoisotopic (exact) mass is 288 g/mol. The molecular weight excluding hydrogens is 264 g/mol. The van der Waals surface area contributed by atoms with Gasteiger partial charge in [0.25, 0.3) is 0 Å². The van der Waals surface area contributed by atoms with Crippen LogP contribution in [0.5, 0.6) is 0 Å². The lowest BCUT2D eigenvalue weighted by Crippen LogP contribution is -2.84. The van der Waals surface area contributed by atoms with Gasteiger partial charge in [0.05, 0.1) is 12.7 Å². The molecule has 3 aliphatic rings. The third-order valence-corrected chi connectivity index (χ3v) is 8.98. The van der Waals surface area contributed by atoms with Gasteiger partial charge in [-0.3, -0.25) is 0 Å². The normalized spacial score (nSPS) is 46.1. The van der Waals surface area contributed by atoms with Gasteiger partial charge in [-0.2, -0.15) is 0 Å². The van der Waals surface area contributed by atoms with Crippen LogP contribution < -0.4 is 0 Å². The van der Waals surface area contributed by atoms with E-state index in [4.69, 9.17) is 23.4 Å². The quantitative estimate of drug-likeness (QED) is 0.717. The number of ether oxygens (including phenoxy) is 4. The number of rotatable bonds is 5. The van der Waals surface area contributed by atoms with Gasteiger partial charge in [0, 0.05) is 33.7 Å². The zero-order valence-corrected chi connectivity index (χ0v) is 13.2. The summed E-state index contributed by atoms with van der Waals surface area (Å²) >= 11 is 0. The lowest BCUT2D eigenvalue weighted by Gasteiger charge is -2.67. The maximum Gasteiger partial charge on any atom is 0.221 e. The molecule has 0 N–H and O–H groups in total. The molecule has 3 heterocycles. The lowest BCUT2D eigenvalue weighted by atomic mass is 9.75. The molecule has 3 saturated heterocycles. The van der Waals surface area contributed by atoms with Crippen molar-refractivity contribution >= 4 is 8.32 Å². The van der Waals surface area contributed by atoms with E-state index in [1.165, 1.54) is 0 Å². The fourth-order valence-corrected chi connectivity index (χ4v) is 6.45. The number of methoxy groups -OCH3 is 1. The molecule has 0 spiro atoms. The van der Waals surface area contributed by atoms with Crippen LogP contribution in [-0.4, -0.2) is 59.0 Å². The zero-order valence-electron chi connectivity index (χ0n) is 12.2. The van der Waals surface area contributed by atoms with Gasteiger partial charge >= 0.3 is 0 Å². The highest BCUT2D eigenvalue weighted by molar-refractivity contribution is 6.74. The van der Waals surface area contributed by atoms with E-state index in [1.54, 1.807) is 14.2 Å². The lowest BCUT2D eigenvalue weighted by molar-refractivity contribution is -0.387. The van der Waals surface area contributed by atoms with Crippen molar-refractivity contribution in [3.05, 3.63) is 0 Å². The highest BCUT2D eigenvalue weighted by atomic mass is 28.4. The summed E-state index contributed by atoms with van der Waals surface area (Å²) in [5.41, 5.74) is -0.313. The van der Waals surface area contributed by atoms with Crippen LogP contribution in [0.1, 0.15) is 19.3 Å². The Morgan fingerprint density at radius 2 is 1.84 bits per heavy atom. The molecule has 6 heteroatoms. The maximum absolute atomic E-state index is 6.21. The van der Waals surface area contributed by atoms with E-state index in [2.05, 4.69) is 13.1 Å². The van der Waals surface area contributed by atoms with Crippen molar-refractivity contribution in [1.82, 2.24) is 0 Å². The van der Waals surface area contributed by atoms with Crippen molar-refractivity contribution in [2.45, 2.75) is 55.6 Å². The van der Waals surface area contributed by atoms with Crippen LogP contribution in [0.2, 0.25) is 13.1 Å². The third kappa shape index (κ3) is 1.64. The SMILES string of the molecule is COC1CC(C2(C3CCO3)CCO2)([Si](C)(C)OC)O1. The summed E-state index contributed by atoms with van der Waals surface area (Å²) in [5, 5.41) is -0.348. The summed E-state index contributed by atoms with van der Waals surface area (Å²) in [5.74, 6) is 0. The average Bonchev–Trinajstić information content (AvgIpc) is 2.21. The van der Waals surface area contributed by atoms with Crippen molar-refractivity contribution in [2.24, 2.45) is 0 Å². The Bertz CT molecular complexity index is 345. The standard InChI is InChI=1S/C13H24O5Si/c1-14-11-9-13(18-11,19(3,4)15-2)12(6-8-17-12)10-5-7-16-10/h10-11H,5-9H2,1-4H3. The largest absolute Gasteiger partial charge is 0.417 e. The Hall–Kier alpha value is 0.0169. The molecule has 0 saturated carbocycles. The fourth-order valence-electron chi connectivity index (χ4n) is 3.67. The van der Waals surface area contributed by atoms with Crippen LogP contribution in [0.4, 0.5) is 0 Å². The van der Waals surface area contributed by atoms with Gasteiger partial charge in [-0.05, 0) is 19.5 Å². The Kier molecular flexibility index (Phi) is 3.32. The highest BCUT2D eigenvalue weighted by Gasteiger charge is 2.75. The number of hydrogen-bond acceptors (Lipinski definition) is 5. The first-order chi connectivity index (χ1) is 9.01. The van der Waals surface area contributed by atoms with Gasteiger partial charge in [-0.25, -0.2) is 0 Å². The first-order valence-electron chi connectivity index (χ1n) is 7.03. The Morgan fingerprint density at radius 1 is 1.21 bits per heavy atom. The molecule has 3 fully saturated rings. The molecule has 0 aromatic heterocycles. The molecule has 0 amide bonds. The van der Waals surface area contributed by atoms with E-state index in [1.807, 2.05) is 0 Å². The van der Waals surface area contributed by atoms with Gasteiger partial charge in [0.1, 0.15) is 10.8 Å². The summed E-state index contributed by atoms with van der Waals surface area (Å²) in [7, 11) is 1.41. The molecule has 4 unspecified atom stereocenters. The van der Waals surface area contributed by atoms with E-state index in [-0.39, 0.29) is 23.2 Å². The molecular formula is C13H24O5Si. The van der Waals surface area contributed by atoms with E-state index in [0.29, 0.717) is 0 Å². The van der Waals surface area contributed by atoms with Crippen molar-refractivity contribution < 1.29 is 23.4 Å². The molecule has 5 nitrogen and oxygen atoms in total. The Labute approximate surface area is 115 Å². The summed E-state index contributed by atoms with van der Waals surface area (Å²) in [4.78, 5) is 0. The van der Waals surface area contributed by atoms with Crippen LogP contribution in [0.25, 0.3) is 0 Å². The molecule has 4 atom stereocenters. The first-order valence-corrected chi connectivity index (χ1v) is 9.93. The molecule has 0 aromatic rings. The smallest absolute Gasteiger partial charge is 0.221 e. The van der Waals surface area contributed by atoms with E-state index in [9.17, 15) is 0 Å². The van der Waals surface area contributed by atoms with Gasteiger partial charge < -0.3 is 23.4 Å². The van der Waals surface area contributed by atoms with Crippen LogP contribution in [0, 0.1) is 0 Å². The molecule has 3 aliphatic heterocycles. The minimum Gasteiger partial charge on any atom is -0.417 e. The molecule has 3 rings (SSSR count). The summed E-state index contributed by atoms with van der Waals surface area (Å²) < 4.78 is 29.2. The van der Waals surface area contributed by atoms with Crippen molar-refractivity contribution in [1.29, 1.82) is 0 Å². The van der Waals surface area contributed by atoms with E-state index < -0.39 is 8.32 Å². The predicted octanol–water partition coefficient (Wildman–Crippen LogP) is 1.46. The number of hydrogen-bond donors (Lipinski definition) is 0. The van der Waals surface area contributed by atoms with E-state index in [0.717, 1.165) is 32.5 Å².